The van der Waals surface area contributed by atoms with E-state index in [1.54, 1.807) is 6.92 Å². The SMILES string of the molecule is CCOC(=O)c1coc(NCC2CCC(C(=O)O)O2)n1. The zero-order valence-electron chi connectivity index (χ0n) is 11.0. The van der Waals surface area contributed by atoms with Crippen molar-refractivity contribution in [3.05, 3.63) is 12.0 Å². The van der Waals surface area contributed by atoms with Gasteiger partial charge in [-0.05, 0) is 19.8 Å². The Kier molecular flexibility index (Phi) is 4.57. The number of carbonyl (C=O) groups excluding carboxylic acids is 1. The molecule has 2 rings (SSSR count). The van der Waals surface area contributed by atoms with Crippen molar-refractivity contribution in [2.24, 2.45) is 0 Å². The Morgan fingerprint density at radius 3 is 3.00 bits per heavy atom. The van der Waals surface area contributed by atoms with Gasteiger partial charge in [0.05, 0.1) is 12.7 Å². The van der Waals surface area contributed by atoms with Crippen LogP contribution in [0, 0.1) is 0 Å². The molecule has 1 aliphatic rings. The van der Waals surface area contributed by atoms with Crippen molar-refractivity contribution >= 4 is 18.0 Å². The van der Waals surface area contributed by atoms with Crippen molar-refractivity contribution in [3.63, 3.8) is 0 Å². The molecule has 2 N–H and O–H groups in total. The van der Waals surface area contributed by atoms with E-state index in [1.807, 2.05) is 0 Å². The van der Waals surface area contributed by atoms with E-state index in [2.05, 4.69) is 10.3 Å². The number of carboxylic acid groups (broad SMARTS) is 1. The molecule has 0 aromatic carbocycles. The highest BCUT2D eigenvalue weighted by Gasteiger charge is 2.30. The van der Waals surface area contributed by atoms with Gasteiger partial charge in [0.1, 0.15) is 6.26 Å². The van der Waals surface area contributed by atoms with Gasteiger partial charge in [-0.3, -0.25) is 0 Å². The molecule has 2 unspecified atom stereocenters. The van der Waals surface area contributed by atoms with E-state index in [-0.39, 0.29) is 24.4 Å². The van der Waals surface area contributed by atoms with Crippen LogP contribution in [0.3, 0.4) is 0 Å². The molecule has 1 aliphatic heterocycles. The molecular weight excluding hydrogens is 268 g/mol. The van der Waals surface area contributed by atoms with Gasteiger partial charge in [-0.2, -0.15) is 4.98 Å². The number of ether oxygens (including phenoxy) is 2. The Morgan fingerprint density at radius 1 is 1.55 bits per heavy atom. The third-order valence-corrected chi connectivity index (χ3v) is 2.85. The van der Waals surface area contributed by atoms with Crippen LogP contribution in [0.4, 0.5) is 6.01 Å². The minimum Gasteiger partial charge on any atom is -0.479 e. The van der Waals surface area contributed by atoms with Gasteiger partial charge < -0.3 is 24.3 Å². The summed E-state index contributed by atoms with van der Waals surface area (Å²) in [6.45, 7) is 2.33. The van der Waals surface area contributed by atoms with E-state index in [0.717, 1.165) is 0 Å². The number of nitrogens with zero attached hydrogens (tertiary/aromatic N) is 1. The predicted octanol–water partition coefficient (Wildman–Crippen LogP) is 0.895. The monoisotopic (exact) mass is 284 g/mol. The summed E-state index contributed by atoms with van der Waals surface area (Å²) in [5, 5.41) is 11.7. The Balaban J connectivity index is 1.80. The van der Waals surface area contributed by atoms with Crippen LogP contribution in [0.15, 0.2) is 10.7 Å². The molecule has 1 saturated heterocycles. The summed E-state index contributed by atoms with van der Waals surface area (Å²) in [5.41, 5.74) is 0.0881. The zero-order valence-corrected chi connectivity index (χ0v) is 11.0. The quantitative estimate of drug-likeness (QED) is 0.741. The number of aliphatic carboxylic acids is 1. The van der Waals surface area contributed by atoms with Gasteiger partial charge >= 0.3 is 11.9 Å². The van der Waals surface area contributed by atoms with E-state index in [4.69, 9.17) is 19.0 Å². The first-order valence-corrected chi connectivity index (χ1v) is 6.35. The van der Waals surface area contributed by atoms with Crippen LogP contribution in [0.2, 0.25) is 0 Å². The summed E-state index contributed by atoms with van der Waals surface area (Å²) in [6, 6.07) is 0.176. The summed E-state index contributed by atoms with van der Waals surface area (Å²) in [6.07, 6.45) is 1.38. The molecule has 1 fully saturated rings. The van der Waals surface area contributed by atoms with Crippen molar-refractivity contribution in [2.75, 3.05) is 18.5 Å². The highest BCUT2D eigenvalue weighted by atomic mass is 16.5. The number of carboxylic acids is 1. The van der Waals surface area contributed by atoms with E-state index in [9.17, 15) is 9.59 Å². The average molecular weight is 284 g/mol. The van der Waals surface area contributed by atoms with E-state index in [0.29, 0.717) is 19.4 Å². The molecule has 2 atom stereocenters. The van der Waals surface area contributed by atoms with Gasteiger partial charge in [0.2, 0.25) is 0 Å². The van der Waals surface area contributed by atoms with Crippen molar-refractivity contribution < 1.29 is 28.6 Å². The highest BCUT2D eigenvalue weighted by molar-refractivity contribution is 5.87. The second-order valence-electron chi connectivity index (χ2n) is 4.30. The molecule has 8 heteroatoms. The maximum Gasteiger partial charge on any atom is 0.360 e. The molecule has 0 bridgehead atoms. The topological polar surface area (TPSA) is 111 Å². The number of carbonyl (C=O) groups is 2. The molecule has 20 heavy (non-hydrogen) atoms. The van der Waals surface area contributed by atoms with Crippen molar-refractivity contribution in [1.82, 2.24) is 4.98 Å². The first kappa shape index (κ1) is 14.3. The molecule has 8 nitrogen and oxygen atoms in total. The van der Waals surface area contributed by atoms with E-state index >= 15 is 0 Å². The number of esters is 1. The Labute approximate surface area is 115 Å². The van der Waals surface area contributed by atoms with Gasteiger partial charge in [0, 0.05) is 6.54 Å². The lowest BCUT2D eigenvalue weighted by Crippen LogP contribution is -2.24. The molecule has 0 amide bonds. The molecule has 0 spiro atoms. The van der Waals surface area contributed by atoms with Crippen molar-refractivity contribution in [1.29, 1.82) is 0 Å². The van der Waals surface area contributed by atoms with E-state index < -0.39 is 18.0 Å². The second kappa shape index (κ2) is 6.38. The van der Waals surface area contributed by atoms with Gasteiger partial charge in [0.25, 0.3) is 6.01 Å². The summed E-state index contributed by atoms with van der Waals surface area (Å²) < 4.78 is 15.2. The number of hydrogen-bond donors (Lipinski definition) is 2. The van der Waals surface area contributed by atoms with Gasteiger partial charge in [-0.1, -0.05) is 0 Å². The average Bonchev–Trinajstić information content (AvgIpc) is 3.06. The van der Waals surface area contributed by atoms with Crippen molar-refractivity contribution in [2.45, 2.75) is 32.0 Å². The fourth-order valence-corrected chi connectivity index (χ4v) is 1.89. The Morgan fingerprint density at radius 2 is 2.35 bits per heavy atom. The van der Waals surface area contributed by atoms with Crippen LogP contribution in [-0.2, 0) is 14.3 Å². The maximum absolute atomic E-state index is 11.4. The molecule has 1 aromatic heterocycles. The van der Waals surface area contributed by atoms with E-state index in [1.165, 1.54) is 6.26 Å². The summed E-state index contributed by atoms with van der Waals surface area (Å²) in [7, 11) is 0. The number of anilines is 1. The Bertz CT molecular complexity index is 486. The normalized spacial score (nSPS) is 21.6. The molecule has 0 radical (unpaired) electrons. The number of nitrogens with one attached hydrogen (secondary N) is 1. The predicted molar refractivity (Wildman–Crippen MR) is 66.5 cm³/mol. The Hall–Kier alpha value is -2.09. The fraction of sp³-hybridized carbons (Fsp3) is 0.583. The number of oxazole rings is 1. The van der Waals surface area contributed by atoms with Crippen LogP contribution in [0.5, 0.6) is 0 Å². The van der Waals surface area contributed by atoms with Gasteiger partial charge in [-0.15, -0.1) is 0 Å². The molecule has 110 valence electrons. The maximum atomic E-state index is 11.4. The van der Waals surface area contributed by atoms with Crippen LogP contribution in [0.25, 0.3) is 0 Å². The molecule has 0 aliphatic carbocycles. The lowest BCUT2D eigenvalue weighted by molar-refractivity contribution is -0.149. The van der Waals surface area contributed by atoms with Gasteiger partial charge in [-0.25, -0.2) is 9.59 Å². The first-order valence-electron chi connectivity index (χ1n) is 6.35. The fourth-order valence-electron chi connectivity index (χ4n) is 1.89. The van der Waals surface area contributed by atoms with Crippen molar-refractivity contribution in [3.8, 4) is 0 Å². The second-order valence-corrected chi connectivity index (χ2v) is 4.30. The molecular formula is C12H16N2O6. The largest absolute Gasteiger partial charge is 0.479 e. The lowest BCUT2D eigenvalue weighted by atomic mass is 10.2. The lowest BCUT2D eigenvalue weighted by Gasteiger charge is -2.10. The minimum atomic E-state index is -0.951. The molecule has 0 saturated carbocycles. The van der Waals surface area contributed by atoms with Crippen LogP contribution in [0.1, 0.15) is 30.3 Å². The molecule has 1 aromatic rings. The first-order chi connectivity index (χ1) is 9.60. The van der Waals surface area contributed by atoms with Crippen LogP contribution in [-0.4, -0.2) is 47.4 Å². The number of hydrogen-bond acceptors (Lipinski definition) is 7. The zero-order chi connectivity index (χ0) is 14.5. The summed E-state index contributed by atoms with van der Waals surface area (Å²) in [5.74, 6) is -1.50. The highest BCUT2D eigenvalue weighted by Crippen LogP contribution is 2.20. The standard InChI is InChI=1S/C12H16N2O6/c1-2-18-11(17)8-6-19-12(14-8)13-5-7-3-4-9(20-7)10(15)16/h6-7,9H,2-5H2,1H3,(H,13,14)(H,15,16). The third kappa shape index (κ3) is 3.47. The smallest absolute Gasteiger partial charge is 0.360 e. The van der Waals surface area contributed by atoms with Crippen LogP contribution >= 0.6 is 0 Å². The molecule has 2 heterocycles. The minimum absolute atomic E-state index is 0.0881. The summed E-state index contributed by atoms with van der Waals surface area (Å²) in [4.78, 5) is 26.0. The number of aromatic nitrogens is 1. The number of rotatable bonds is 6. The summed E-state index contributed by atoms with van der Waals surface area (Å²) >= 11 is 0. The third-order valence-electron chi connectivity index (χ3n) is 2.85. The van der Waals surface area contributed by atoms with Gasteiger partial charge in [0.15, 0.2) is 11.8 Å². The van der Waals surface area contributed by atoms with Crippen LogP contribution < -0.4 is 5.32 Å².